The van der Waals surface area contributed by atoms with Gasteiger partial charge in [-0.3, -0.25) is 9.59 Å². The summed E-state index contributed by atoms with van der Waals surface area (Å²) in [5.41, 5.74) is 6.25. The van der Waals surface area contributed by atoms with Crippen molar-refractivity contribution in [1.29, 1.82) is 0 Å². The number of amides is 2. The summed E-state index contributed by atoms with van der Waals surface area (Å²) in [5.74, 6) is 0.0878. The number of nitrogens with zero attached hydrogens (tertiary/aromatic N) is 1. The molecule has 0 bridgehead atoms. The first-order chi connectivity index (χ1) is 12.1. The Balaban J connectivity index is 0.00000243. The van der Waals surface area contributed by atoms with Crippen molar-refractivity contribution in [3.8, 4) is 0 Å². The summed E-state index contributed by atoms with van der Waals surface area (Å²) < 4.78 is 12.9. The average molecular weight is 384 g/mol. The fourth-order valence-electron chi connectivity index (χ4n) is 3.99. The molecule has 0 radical (unpaired) electrons. The minimum atomic E-state index is -0.355. The van der Waals surface area contributed by atoms with E-state index in [9.17, 15) is 14.0 Å². The van der Waals surface area contributed by atoms with Gasteiger partial charge in [-0.25, -0.2) is 4.39 Å². The van der Waals surface area contributed by atoms with E-state index in [1.165, 1.54) is 24.3 Å². The van der Waals surface area contributed by atoms with Gasteiger partial charge in [0.05, 0.1) is 0 Å². The van der Waals surface area contributed by atoms with Gasteiger partial charge in [0, 0.05) is 30.6 Å². The van der Waals surface area contributed by atoms with E-state index in [1.807, 2.05) is 4.90 Å². The van der Waals surface area contributed by atoms with Crippen LogP contribution in [-0.2, 0) is 4.79 Å². The predicted molar refractivity (Wildman–Crippen MR) is 101 cm³/mol. The van der Waals surface area contributed by atoms with Crippen molar-refractivity contribution in [2.24, 2.45) is 17.6 Å². The van der Waals surface area contributed by atoms with E-state index < -0.39 is 0 Å². The van der Waals surface area contributed by atoms with E-state index in [0.29, 0.717) is 31.1 Å². The fraction of sp³-hybridized carbons (Fsp3) is 0.579. The van der Waals surface area contributed by atoms with Gasteiger partial charge in [-0.2, -0.15) is 0 Å². The molecule has 1 aromatic rings. The molecule has 1 aliphatic carbocycles. The molecule has 1 saturated carbocycles. The monoisotopic (exact) mass is 383 g/mol. The molecule has 3 rings (SSSR count). The molecule has 0 aromatic heterocycles. The molecule has 26 heavy (non-hydrogen) atoms. The molecule has 1 aliphatic heterocycles. The zero-order chi connectivity index (χ0) is 17.8. The first-order valence-electron chi connectivity index (χ1n) is 9.13. The summed E-state index contributed by atoms with van der Waals surface area (Å²) in [4.78, 5) is 26.8. The number of nitrogens with two attached hydrogens (primary N) is 1. The van der Waals surface area contributed by atoms with Crippen LogP contribution in [0.15, 0.2) is 24.3 Å². The number of rotatable bonds is 4. The highest BCUT2D eigenvalue weighted by molar-refractivity contribution is 5.94. The highest BCUT2D eigenvalue weighted by atomic mass is 35.5. The van der Waals surface area contributed by atoms with Crippen LogP contribution in [0.5, 0.6) is 0 Å². The molecule has 5 nitrogen and oxygen atoms in total. The Morgan fingerprint density at radius 1 is 1.12 bits per heavy atom. The topological polar surface area (TPSA) is 75.4 Å². The lowest BCUT2D eigenvalue weighted by molar-refractivity contribution is -0.137. The summed E-state index contributed by atoms with van der Waals surface area (Å²) in [7, 11) is 0. The lowest BCUT2D eigenvalue weighted by atomic mass is 9.93. The molecule has 7 heteroatoms. The number of nitrogens with one attached hydrogen (secondary N) is 1. The van der Waals surface area contributed by atoms with Gasteiger partial charge < -0.3 is 16.0 Å². The van der Waals surface area contributed by atoms with E-state index in [0.717, 1.165) is 32.1 Å². The second kappa shape index (κ2) is 9.33. The number of hydrogen-bond acceptors (Lipinski definition) is 3. The molecule has 0 spiro atoms. The molecule has 2 amide bonds. The molecule has 144 valence electrons. The van der Waals surface area contributed by atoms with E-state index >= 15 is 0 Å². The van der Waals surface area contributed by atoms with Crippen LogP contribution >= 0.6 is 12.4 Å². The molecular formula is C19H27ClFN3O2. The third kappa shape index (κ3) is 4.74. The third-order valence-electron chi connectivity index (χ3n) is 5.53. The van der Waals surface area contributed by atoms with Gasteiger partial charge in [0.1, 0.15) is 5.82 Å². The maximum Gasteiger partial charge on any atom is 0.251 e. The van der Waals surface area contributed by atoms with Crippen LogP contribution in [0, 0.1) is 17.7 Å². The molecule has 1 aromatic carbocycles. The number of hydrogen-bond donors (Lipinski definition) is 2. The number of piperidine rings is 1. The zero-order valence-electron chi connectivity index (χ0n) is 14.8. The van der Waals surface area contributed by atoms with Crippen LogP contribution < -0.4 is 11.1 Å². The maximum atomic E-state index is 12.9. The van der Waals surface area contributed by atoms with Gasteiger partial charge in [0.2, 0.25) is 5.91 Å². The van der Waals surface area contributed by atoms with Gasteiger partial charge in [-0.15, -0.1) is 12.4 Å². The van der Waals surface area contributed by atoms with E-state index in [2.05, 4.69) is 5.32 Å². The Kier molecular flexibility index (Phi) is 7.41. The van der Waals surface area contributed by atoms with Crippen molar-refractivity contribution < 1.29 is 14.0 Å². The third-order valence-corrected chi connectivity index (χ3v) is 5.53. The molecule has 1 heterocycles. The second-order valence-electron chi connectivity index (χ2n) is 7.11. The lowest BCUT2D eigenvalue weighted by Gasteiger charge is -2.35. The minimum Gasteiger partial charge on any atom is -0.349 e. The smallest absolute Gasteiger partial charge is 0.251 e. The van der Waals surface area contributed by atoms with Crippen LogP contribution in [0.4, 0.5) is 4.39 Å². The Morgan fingerprint density at radius 3 is 2.38 bits per heavy atom. The first-order valence-corrected chi connectivity index (χ1v) is 9.13. The summed E-state index contributed by atoms with van der Waals surface area (Å²) in [6.07, 6.45) is 4.58. The van der Waals surface area contributed by atoms with Gasteiger partial charge in [-0.1, -0.05) is 6.42 Å². The number of likely N-dealkylation sites (tertiary alicyclic amines) is 1. The minimum absolute atomic E-state index is 0. The van der Waals surface area contributed by atoms with Gasteiger partial charge in [0.15, 0.2) is 0 Å². The number of halogens is 2. The van der Waals surface area contributed by atoms with Crippen molar-refractivity contribution >= 4 is 24.2 Å². The Hall–Kier alpha value is -1.66. The quantitative estimate of drug-likeness (QED) is 0.837. The predicted octanol–water partition coefficient (Wildman–Crippen LogP) is 2.34. The number of benzene rings is 1. The standard InChI is InChI=1S/C19H26FN3O2.ClH/c20-15-6-4-13(5-7-15)18(24)22-16-8-10-23(11-9-16)19(25)17-3-1-2-14(17)12-21;/h4-7,14,16-17H,1-3,8-12,21H2,(H,22,24);1H/t14-,17-;/m1./s1. The van der Waals surface area contributed by atoms with Crippen molar-refractivity contribution in [3.63, 3.8) is 0 Å². The molecule has 2 fully saturated rings. The van der Waals surface area contributed by atoms with Gasteiger partial charge in [-0.05, 0) is 62.4 Å². The summed E-state index contributed by atoms with van der Waals surface area (Å²) in [6, 6.07) is 5.58. The number of carbonyl (C=O) groups excluding carboxylic acids is 2. The van der Waals surface area contributed by atoms with Crippen LogP contribution in [0.1, 0.15) is 42.5 Å². The van der Waals surface area contributed by atoms with Crippen molar-refractivity contribution in [2.75, 3.05) is 19.6 Å². The van der Waals surface area contributed by atoms with E-state index in [-0.39, 0.29) is 42.0 Å². The Morgan fingerprint density at radius 2 is 1.77 bits per heavy atom. The van der Waals surface area contributed by atoms with Crippen molar-refractivity contribution in [2.45, 2.75) is 38.1 Å². The van der Waals surface area contributed by atoms with Crippen molar-refractivity contribution in [3.05, 3.63) is 35.6 Å². The number of carbonyl (C=O) groups is 2. The average Bonchev–Trinajstić information content (AvgIpc) is 3.11. The van der Waals surface area contributed by atoms with E-state index in [1.54, 1.807) is 0 Å². The first kappa shape index (κ1) is 20.6. The molecular weight excluding hydrogens is 357 g/mol. The largest absolute Gasteiger partial charge is 0.349 e. The SMILES string of the molecule is Cl.NC[C@H]1CCC[C@H]1C(=O)N1CCC(NC(=O)c2ccc(F)cc2)CC1. The molecule has 2 aliphatic rings. The second-order valence-corrected chi connectivity index (χ2v) is 7.11. The van der Waals surface area contributed by atoms with Crippen molar-refractivity contribution in [1.82, 2.24) is 10.2 Å². The van der Waals surface area contributed by atoms with Crippen LogP contribution in [0.25, 0.3) is 0 Å². The van der Waals surface area contributed by atoms with Crippen LogP contribution in [0.2, 0.25) is 0 Å². The van der Waals surface area contributed by atoms with Crippen LogP contribution in [0.3, 0.4) is 0 Å². The van der Waals surface area contributed by atoms with Crippen LogP contribution in [-0.4, -0.2) is 42.4 Å². The lowest BCUT2D eigenvalue weighted by Crippen LogP contribution is -2.48. The molecule has 1 saturated heterocycles. The Labute approximate surface area is 159 Å². The van der Waals surface area contributed by atoms with E-state index in [4.69, 9.17) is 5.73 Å². The highest BCUT2D eigenvalue weighted by Crippen LogP contribution is 2.33. The molecule has 3 N–H and O–H groups in total. The van der Waals surface area contributed by atoms with Gasteiger partial charge in [0.25, 0.3) is 5.91 Å². The maximum absolute atomic E-state index is 12.9. The normalized spacial score (nSPS) is 23.4. The summed E-state index contributed by atoms with van der Waals surface area (Å²) in [5, 5.41) is 2.98. The zero-order valence-corrected chi connectivity index (χ0v) is 15.6. The molecule has 2 atom stereocenters. The Bertz CT molecular complexity index is 618. The fourth-order valence-corrected chi connectivity index (χ4v) is 3.99. The van der Waals surface area contributed by atoms with Gasteiger partial charge >= 0.3 is 0 Å². The summed E-state index contributed by atoms with van der Waals surface area (Å²) in [6.45, 7) is 1.92. The summed E-state index contributed by atoms with van der Waals surface area (Å²) >= 11 is 0. The molecule has 0 unspecified atom stereocenters. The highest BCUT2D eigenvalue weighted by Gasteiger charge is 2.36.